The van der Waals surface area contributed by atoms with Gasteiger partial charge in [0, 0.05) is 37.3 Å². The maximum absolute atomic E-state index is 12.1. The normalized spacial score (nSPS) is 15.5. The van der Waals surface area contributed by atoms with Crippen molar-refractivity contribution in [3.05, 3.63) is 46.9 Å². The summed E-state index contributed by atoms with van der Waals surface area (Å²) in [6.45, 7) is 4.81. The van der Waals surface area contributed by atoms with E-state index >= 15 is 0 Å². The highest BCUT2D eigenvalue weighted by atomic mass is 16.2. The third-order valence-electron chi connectivity index (χ3n) is 3.70. The number of nitrogens with zero attached hydrogens (tertiary/aromatic N) is 1. The summed E-state index contributed by atoms with van der Waals surface area (Å²) in [7, 11) is 0. The Balaban J connectivity index is 1.83. The van der Waals surface area contributed by atoms with Crippen molar-refractivity contribution in [2.75, 3.05) is 13.1 Å². The Kier molecular flexibility index (Phi) is 4.92. The van der Waals surface area contributed by atoms with E-state index in [4.69, 9.17) is 0 Å². The monoisotopic (exact) mass is 289 g/mol. The lowest BCUT2D eigenvalue weighted by atomic mass is 9.96. The third kappa shape index (κ3) is 3.81. The molecule has 1 fully saturated rings. The zero-order chi connectivity index (χ0) is 15.2. The summed E-state index contributed by atoms with van der Waals surface area (Å²) < 4.78 is 0. The third-order valence-corrected chi connectivity index (χ3v) is 3.70. The number of pyridine rings is 1. The Labute approximate surface area is 122 Å². The van der Waals surface area contributed by atoms with Crippen molar-refractivity contribution in [3.8, 4) is 0 Å². The van der Waals surface area contributed by atoms with Gasteiger partial charge in [-0.05, 0) is 25.0 Å². The lowest BCUT2D eigenvalue weighted by molar-refractivity contribution is -0.132. The highest BCUT2D eigenvalue weighted by molar-refractivity contribution is 5.87. The van der Waals surface area contributed by atoms with Crippen molar-refractivity contribution in [2.45, 2.75) is 19.4 Å². The van der Waals surface area contributed by atoms with E-state index in [1.54, 1.807) is 23.2 Å². The molecule has 112 valence electrons. The van der Waals surface area contributed by atoms with Gasteiger partial charge in [0.25, 0.3) is 5.56 Å². The standard InChI is InChI=1S/C15H19N3O3/c1-2-13(19)18-8-5-11(6-9-18)14(20)17-10-12-4-3-7-16-15(12)21/h2-4,7,11H,1,5-6,8-10H2,(H,16,21)(H,17,20). The molecule has 2 rings (SSSR count). The first kappa shape index (κ1) is 15.0. The predicted octanol–water partition coefficient (Wildman–Crippen LogP) is 0.416. The van der Waals surface area contributed by atoms with Crippen LogP contribution in [0.5, 0.6) is 0 Å². The highest BCUT2D eigenvalue weighted by Crippen LogP contribution is 2.17. The molecule has 1 aliphatic rings. The summed E-state index contributed by atoms with van der Waals surface area (Å²) in [4.78, 5) is 39.3. The van der Waals surface area contributed by atoms with Crippen LogP contribution in [0.3, 0.4) is 0 Å². The number of rotatable bonds is 4. The van der Waals surface area contributed by atoms with E-state index < -0.39 is 0 Å². The molecule has 1 aromatic heterocycles. The smallest absolute Gasteiger partial charge is 0.252 e. The molecule has 6 nitrogen and oxygen atoms in total. The van der Waals surface area contributed by atoms with Gasteiger partial charge in [-0.15, -0.1) is 0 Å². The molecule has 0 aliphatic carbocycles. The van der Waals surface area contributed by atoms with Crippen LogP contribution in [0.4, 0.5) is 0 Å². The lowest BCUT2D eigenvalue weighted by Gasteiger charge is -2.30. The fraction of sp³-hybridized carbons (Fsp3) is 0.400. The SMILES string of the molecule is C=CC(=O)N1CCC(C(=O)NCc2ccc[nH]c2=O)CC1. The van der Waals surface area contributed by atoms with E-state index in [0.29, 0.717) is 31.5 Å². The first-order chi connectivity index (χ1) is 10.1. The topological polar surface area (TPSA) is 82.3 Å². The van der Waals surface area contributed by atoms with Gasteiger partial charge in [0.15, 0.2) is 0 Å². The Morgan fingerprint density at radius 3 is 2.76 bits per heavy atom. The molecule has 6 heteroatoms. The number of H-pyrrole nitrogens is 1. The number of aromatic nitrogens is 1. The van der Waals surface area contributed by atoms with Gasteiger partial charge in [0.2, 0.25) is 11.8 Å². The van der Waals surface area contributed by atoms with E-state index in [2.05, 4.69) is 16.9 Å². The van der Waals surface area contributed by atoms with Crippen LogP contribution in [0.15, 0.2) is 35.8 Å². The molecule has 1 saturated heterocycles. The molecule has 0 saturated carbocycles. The van der Waals surface area contributed by atoms with Crippen molar-refractivity contribution >= 4 is 11.8 Å². The van der Waals surface area contributed by atoms with Gasteiger partial charge in [-0.25, -0.2) is 0 Å². The fourth-order valence-corrected chi connectivity index (χ4v) is 2.41. The van der Waals surface area contributed by atoms with Crippen LogP contribution in [0.25, 0.3) is 0 Å². The van der Waals surface area contributed by atoms with Gasteiger partial charge in [0.05, 0.1) is 0 Å². The van der Waals surface area contributed by atoms with E-state index in [0.717, 1.165) is 0 Å². The molecule has 1 aromatic rings. The van der Waals surface area contributed by atoms with E-state index in [-0.39, 0.29) is 29.8 Å². The number of aromatic amines is 1. The van der Waals surface area contributed by atoms with Crippen LogP contribution in [0.1, 0.15) is 18.4 Å². The van der Waals surface area contributed by atoms with Crippen LogP contribution < -0.4 is 10.9 Å². The summed E-state index contributed by atoms with van der Waals surface area (Å²) >= 11 is 0. The second-order valence-corrected chi connectivity index (χ2v) is 5.05. The highest BCUT2D eigenvalue weighted by Gasteiger charge is 2.26. The number of piperidine rings is 1. The minimum Gasteiger partial charge on any atom is -0.352 e. The molecule has 21 heavy (non-hydrogen) atoms. The second-order valence-electron chi connectivity index (χ2n) is 5.05. The molecule has 0 bridgehead atoms. The van der Waals surface area contributed by atoms with E-state index in [9.17, 15) is 14.4 Å². The number of likely N-dealkylation sites (tertiary alicyclic amines) is 1. The van der Waals surface area contributed by atoms with E-state index in [1.807, 2.05) is 0 Å². The number of hydrogen-bond acceptors (Lipinski definition) is 3. The molecule has 0 atom stereocenters. The van der Waals surface area contributed by atoms with E-state index in [1.165, 1.54) is 6.08 Å². The van der Waals surface area contributed by atoms with Crippen molar-refractivity contribution in [1.82, 2.24) is 15.2 Å². The number of hydrogen-bond donors (Lipinski definition) is 2. The summed E-state index contributed by atoms with van der Waals surface area (Å²) in [5.41, 5.74) is 0.342. The zero-order valence-corrected chi connectivity index (χ0v) is 11.8. The summed E-state index contributed by atoms with van der Waals surface area (Å²) in [5.74, 6) is -0.268. The van der Waals surface area contributed by atoms with Gasteiger partial charge in [0.1, 0.15) is 0 Å². The molecule has 2 N–H and O–H groups in total. The van der Waals surface area contributed by atoms with Crippen molar-refractivity contribution in [1.29, 1.82) is 0 Å². The molecule has 0 aromatic carbocycles. The van der Waals surface area contributed by atoms with Crippen LogP contribution in [0.2, 0.25) is 0 Å². The Morgan fingerprint density at radius 1 is 1.43 bits per heavy atom. The molecule has 2 heterocycles. The maximum Gasteiger partial charge on any atom is 0.252 e. The molecule has 0 unspecified atom stereocenters. The quantitative estimate of drug-likeness (QED) is 0.788. The summed E-state index contributed by atoms with van der Waals surface area (Å²) in [6.07, 6.45) is 4.12. The molecule has 2 amide bonds. The zero-order valence-electron chi connectivity index (χ0n) is 11.8. The summed E-state index contributed by atoms with van der Waals surface area (Å²) in [5, 5.41) is 2.79. The lowest BCUT2D eigenvalue weighted by Crippen LogP contribution is -2.42. The molecular weight excluding hydrogens is 270 g/mol. The number of carbonyl (C=O) groups is 2. The maximum atomic E-state index is 12.1. The minimum absolute atomic E-state index is 0.0658. The average molecular weight is 289 g/mol. The van der Waals surface area contributed by atoms with Crippen molar-refractivity contribution in [3.63, 3.8) is 0 Å². The average Bonchev–Trinajstić information content (AvgIpc) is 2.53. The van der Waals surface area contributed by atoms with Gasteiger partial charge in [-0.1, -0.05) is 12.6 Å². The molecular formula is C15H19N3O3. The Hall–Kier alpha value is -2.37. The van der Waals surface area contributed by atoms with Gasteiger partial charge in [-0.3, -0.25) is 14.4 Å². The van der Waals surface area contributed by atoms with Crippen molar-refractivity contribution < 1.29 is 9.59 Å². The van der Waals surface area contributed by atoms with Gasteiger partial charge < -0.3 is 15.2 Å². The largest absolute Gasteiger partial charge is 0.352 e. The van der Waals surface area contributed by atoms with Crippen LogP contribution in [-0.4, -0.2) is 34.8 Å². The molecule has 0 spiro atoms. The number of amides is 2. The number of nitrogens with one attached hydrogen (secondary N) is 2. The van der Waals surface area contributed by atoms with Gasteiger partial charge in [-0.2, -0.15) is 0 Å². The first-order valence-corrected chi connectivity index (χ1v) is 6.97. The van der Waals surface area contributed by atoms with Crippen LogP contribution in [0, 0.1) is 5.92 Å². The molecule has 0 radical (unpaired) electrons. The number of carbonyl (C=O) groups excluding carboxylic acids is 2. The Morgan fingerprint density at radius 2 is 2.14 bits per heavy atom. The van der Waals surface area contributed by atoms with Gasteiger partial charge >= 0.3 is 0 Å². The fourth-order valence-electron chi connectivity index (χ4n) is 2.41. The van der Waals surface area contributed by atoms with Crippen molar-refractivity contribution in [2.24, 2.45) is 5.92 Å². The van der Waals surface area contributed by atoms with Crippen LogP contribution >= 0.6 is 0 Å². The van der Waals surface area contributed by atoms with Crippen LogP contribution in [-0.2, 0) is 16.1 Å². The summed E-state index contributed by atoms with van der Waals surface area (Å²) in [6, 6.07) is 3.41. The minimum atomic E-state index is -0.191. The predicted molar refractivity (Wildman–Crippen MR) is 78.4 cm³/mol. The molecule has 1 aliphatic heterocycles. The Bertz CT molecular complexity index is 586. The second kappa shape index (κ2) is 6.88. The first-order valence-electron chi connectivity index (χ1n) is 6.97.